The lowest BCUT2D eigenvalue weighted by Gasteiger charge is -2.42. The summed E-state index contributed by atoms with van der Waals surface area (Å²) in [6, 6.07) is 10.5. The van der Waals surface area contributed by atoms with Gasteiger partial charge in [0, 0.05) is 44.3 Å². The Morgan fingerprint density at radius 3 is 2.58 bits per heavy atom. The van der Waals surface area contributed by atoms with Crippen LogP contribution < -0.4 is 9.62 Å². The molecule has 0 amide bonds. The molecule has 196 valence electrons. The lowest BCUT2D eigenvalue weighted by atomic mass is 9.82. The molecule has 1 aliphatic carbocycles. The van der Waals surface area contributed by atoms with Crippen molar-refractivity contribution in [1.29, 1.82) is 0 Å². The Labute approximate surface area is 213 Å². The maximum atomic E-state index is 13.6. The van der Waals surface area contributed by atoms with Gasteiger partial charge in [-0.3, -0.25) is 0 Å². The molecule has 2 atom stereocenters. The zero-order chi connectivity index (χ0) is 25.1. The minimum absolute atomic E-state index is 0.00447. The fourth-order valence-corrected chi connectivity index (χ4v) is 7.46. The molecule has 0 bridgehead atoms. The van der Waals surface area contributed by atoms with Gasteiger partial charge in [0.05, 0.1) is 12.7 Å². The molecule has 1 aromatic carbocycles. The first-order valence-corrected chi connectivity index (χ1v) is 14.5. The third-order valence-electron chi connectivity index (χ3n) is 7.83. The molecule has 2 saturated heterocycles. The Hall–Kier alpha value is -2.14. The third kappa shape index (κ3) is 6.04. The van der Waals surface area contributed by atoms with Crippen LogP contribution in [0.1, 0.15) is 50.5 Å². The summed E-state index contributed by atoms with van der Waals surface area (Å²) in [6.07, 6.45) is 6.24. The number of halogens is 1. The minimum Gasteiger partial charge on any atom is -0.378 e. The van der Waals surface area contributed by atoms with Crippen molar-refractivity contribution in [1.82, 2.24) is 19.2 Å². The summed E-state index contributed by atoms with van der Waals surface area (Å²) in [5, 5.41) is 8.25. The summed E-state index contributed by atoms with van der Waals surface area (Å²) in [4.78, 5) is 2.17. The first-order valence-electron chi connectivity index (χ1n) is 13.0. The fourth-order valence-electron chi connectivity index (χ4n) is 5.71. The van der Waals surface area contributed by atoms with Crippen molar-refractivity contribution in [2.75, 3.05) is 37.7 Å². The number of hydrogen-bond donors (Lipinski definition) is 1. The first kappa shape index (κ1) is 25.5. The standard InChI is InChI=1S/C26H36FN5O3S/c1-19-15-32(16-19)36(33,34)30-25-11-13-31(26-6-3-12-28-29-26)17-22(25)18-35-24-9-7-20(8-10-24)21-4-2-5-23(27)14-21/h2-6,12,14,19-20,22,24-25,30H,7-11,13,15-18H2,1H3/t20-,22-,24+,25-/m0/s1. The van der Waals surface area contributed by atoms with E-state index in [0.717, 1.165) is 37.1 Å². The van der Waals surface area contributed by atoms with Gasteiger partial charge in [0.1, 0.15) is 5.82 Å². The largest absolute Gasteiger partial charge is 0.378 e. The van der Waals surface area contributed by atoms with Crippen LogP contribution in [-0.4, -0.2) is 67.9 Å². The number of piperidine rings is 1. The Kier molecular flexibility index (Phi) is 7.85. The minimum atomic E-state index is -3.51. The molecule has 3 fully saturated rings. The third-order valence-corrected chi connectivity index (χ3v) is 9.41. The van der Waals surface area contributed by atoms with Gasteiger partial charge in [0.2, 0.25) is 0 Å². The van der Waals surface area contributed by atoms with Gasteiger partial charge >= 0.3 is 0 Å². The molecule has 3 aliphatic rings. The van der Waals surface area contributed by atoms with Crippen molar-refractivity contribution in [3.8, 4) is 0 Å². The van der Waals surface area contributed by atoms with Crippen LogP contribution >= 0.6 is 0 Å². The molecule has 0 radical (unpaired) electrons. The van der Waals surface area contributed by atoms with Gasteiger partial charge in [-0.05, 0) is 73.8 Å². The number of aromatic nitrogens is 2. The molecule has 1 N–H and O–H groups in total. The SMILES string of the molecule is CC1CN(S(=O)(=O)N[C@H]2CCN(c3cccnn3)C[C@H]2CO[C@H]2CC[C@@H](c3cccc(F)c3)CC2)C1. The number of benzene rings is 1. The van der Waals surface area contributed by atoms with E-state index in [4.69, 9.17) is 4.74 Å². The van der Waals surface area contributed by atoms with Crippen LogP contribution in [0.15, 0.2) is 42.6 Å². The second-order valence-corrected chi connectivity index (χ2v) is 12.3. The number of ether oxygens (including phenoxy) is 1. The summed E-state index contributed by atoms with van der Waals surface area (Å²) in [7, 11) is -3.51. The van der Waals surface area contributed by atoms with Gasteiger partial charge in [-0.2, -0.15) is 22.5 Å². The van der Waals surface area contributed by atoms with E-state index in [-0.39, 0.29) is 23.9 Å². The van der Waals surface area contributed by atoms with E-state index >= 15 is 0 Å². The average molecular weight is 518 g/mol. The summed E-state index contributed by atoms with van der Waals surface area (Å²) in [5.41, 5.74) is 1.06. The highest BCUT2D eigenvalue weighted by atomic mass is 32.2. The molecular formula is C26H36FN5O3S. The maximum absolute atomic E-state index is 13.6. The molecule has 5 rings (SSSR count). The van der Waals surface area contributed by atoms with Crippen molar-refractivity contribution >= 4 is 16.0 Å². The fraction of sp³-hybridized carbons (Fsp3) is 0.615. The predicted molar refractivity (Wildman–Crippen MR) is 136 cm³/mol. The molecule has 3 heterocycles. The quantitative estimate of drug-likeness (QED) is 0.578. The molecule has 2 aromatic rings. The smallest absolute Gasteiger partial charge is 0.279 e. The number of nitrogens with zero attached hydrogens (tertiary/aromatic N) is 4. The number of hydrogen-bond acceptors (Lipinski definition) is 6. The second-order valence-electron chi connectivity index (χ2n) is 10.6. The summed E-state index contributed by atoms with van der Waals surface area (Å²) in [6.45, 7) is 5.05. The summed E-state index contributed by atoms with van der Waals surface area (Å²) in [5.74, 6) is 1.38. The molecule has 1 saturated carbocycles. The number of nitrogens with one attached hydrogen (secondary N) is 1. The molecule has 36 heavy (non-hydrogen) atoms. The highest BCUT2D eigenvalue weighted by Crippen LogP contribution is 2.35. The Balaban J connectivity index is 1.20. The van der Waals surface area contributed by atoms with Gasteiger partial charge in [-0.1, -0.05) is 19.1 Å². The number of anilines is 1. The van der Waals surface area contributed by atoms with Crippen molar-refractivity contribution in [3.63, 3.8) is 0 Å². The maximum Gasteiger partial charge on any atom is 0.279 e. The van der Waals surface area contributed by atoms with Crippen LogP contribution in [0.25, 0.3) is 0 Å². The van der Waals surface area contributed by atoms with E-state index < -0.39 is 10.2 Å². The zero-order valence-electron chi connectivity index (χ0n) is 20.8. The molecule has 2 aliphatic heterocycles. The van der Waals surface area contributed by atoms with Crippen LogP contribution in [0.4, 0.5) is 10.2 Å². The topological polar surface area (TPSA) is 87.7 Å². The molecule has 0 unspecified atom stereocenters. The van der Waals surface area contributed by atoms with Crippen LogP contribution in [-0.2, 0) is 14.9 Å². The van der Waals surface area contributed by atoms with E-state index in [1.54, 1.807) is 18.3 Å². The van der Waals surface area contributed by atoms with E-state index in [0.29, 0.717) is 51.0 Å². The molecular weight excluding hydrogens is 481 g/mol. The first-order chi connectivity index (χ1) is 17.4. The van der Waals surface area contributed by atoms with E-state index in [1.165, 1.54) is 10.4 Å². The monoisotopic (exact) mass is 517 g/mol. The van der Waals surface area contributed by atoms with Gasteiger partial charge in [0.15, 0.2) is 5.82 Å². The Bertz CT molecular complexity index is 1110. The van der Waals surface area contributed by atoms with Gasteiger partial charge in [-0.25, -0.2) is 4.39 Å². The van der Waals surface area contributed by atoms with Crippen LogP contribution in [0, 0.1) is 17.7 Å². The van der Waals surface area contributed by atoms with Crippen molar-refractivity contribution < 1.29 is 17.5 Å². The molecule has 0 spiro atoms. The van der Waals surface area contributed by atoms with Crippen LogP contribution in [0.5, 0.6) is 0 Å². The molecule has 1 aromatic heterocycles. The highest BCUT2D eigenvalue weighted by Gasteiger charge is 2.38. The van der Waals surface area contributed by atoms with Gasteiger partial charge in [0.25, 0.3) is 10.2 Å². The molecule has 8 nitrogen and oxygen atoms in total. The van der Waals surface area contributed by atoms with Crippen molar-refractivity contribution in [3.05, 3.63) is 54.0 Å². The summed E-state index contributed by atoms with van der Waals surface area (Å²) >= 11 is 0. The van der Waals surface area contributed by atoms with E-state index in [1.807, 2.05) is 18.2 Å². The predicted octanol–water partition coefficient (Wildman–Crippen LogP) is 3.34. The number of rotatable bonds is 8. The van der Waals surface area contributed by atoms with E-state index in [9.17, 15) is 12.8 Å². The average Bonchev–Trinajstić information content (AvgIpc) is 2.87. The van der Waals surface area contributed by atoms with Crippen molar-refractivity contribution in [2.24, 2.45) is 11.8 Å². The normalized spacial score (nSPS) is 28.1. The second kappa shape index (κ2) is 11.1. The lowest BCUT2D eigenvalue weighted by Crippen LogP contribution is -2.59. The van der Waals surface area contributed by atoms with E-state index in [2.05, 4.69) is 26.7 Å². The highest BCUT2D eigenvalue weighted by molar-refractivity contribution is 7.87. The van der Waals surface area contributed by atoms with Gasteiger partial charge < -0.3 is 9.64 Å². The zero-order valence-corrected chi connectivity index (χ0v) is 21.6. The van der Waals surface area contributed by atoms with Crippen molar-refractivity contribution in [2.45, 2.75) is 57.1 Å². The van der Waals surface area contributed by atoms with Crippen LogP contribution in [0.2, 0.25) is 0 Å². The Morgan fingerprint density at radius 2 is 1.89 bits per heavy atom. The lowest BCUT2D eigenvalue weighted by molar-refractivity contribution is -0.00235. The van der Waals surface area contributed by atoms with Gasteiger partial charge in [-0.15, -0.1) is 5.10 Å². The molecule has 10 heteroatoms. The summed E-state index contributed by atoms with van der Waals surface area (Å²) < 4.78 is 50.4. The van der Waals surface area contributed by atoms with Crippen LogP contribution in [0.3, 0.4) is 0 Å². The Morgan fingerprint density at radius 1 is 1.08 bits per heavy atom.